The van der Waals surface area contributed by atoms with Gasteiger partial charge in [0.05, 0.1) is 27.9 Å². The number of nitrogens with zero attached hydrogens (tertiary/aromatic N) is 2. The van der Waals surface area contributed by atoms with Crippen LogP contribution in [0.25, 0.3) is 55.0 Å². The van der Waals surface area contributed by atoms with Crippen molar-refractivity contribution in [1.29, 1.82) is 0 Å². The van der Waals surface area contributed by atoms with Crippen molar-refractivity contribution < 1.29 is 13.6 Å². The first kappa shape index (κ1) is 36.7. The van der Waals surface area contributed by atoms with Crippen molar-refractivity contribution in [3.05, 3.63) is 253 Å². The first-order chi connectivity index (χ1) is 32.8. The van der Waals surface area contributed by atoms with E-state index in [1.165, 1.54) is 22.3 Å². The first-order valence-corrected chi connectivity index (χ1v) is 22.4. The summed E-state index contributed by atoms with van der Waals surface area (Å²) in [6.07, 6.45) is 0. The Morgan fingerprint density at radius 1 is 0.318 bits per heavy atom. The zero-order chi connectivity index (χ0) is 43.3. The maximum atomic E-state index is 7.04. The molecule has 0 fully saturated rings. The third-order valence-electron chi connectivity index (χ3n) is 13.7. The number of hydrogen-bond donors (Lipinski definition) is 0. The Hall–Kier alpha value is -8.80. The van der Waals surface area contributed by atoms with Crippen molar-refractivity contribution in [3.63, 3.8) is 0 Å². The SMILES string of the molecule is c1ccc(N(c2ccc(N(c3cccc4c3C3(c5ccccc5O4)c4ccccc4-c4ccccc43)c3cccc4c3oc3ccccc34)cc2)c2cccc3oc4ccccc4c23)cc1. The lowest BCUT2D eigenvalue weighted by atomic mass is 9.65. The number of ether oxygens (including phenoxy) is 1. The average molecular weight is 847 g/mol. The van der Waals surface area contributed by atoms with E-state index >= 15 is 0 Å². The molecule has 0 N–H and O–H groups in total. The fraction of sp³-hybridized carbons (Fsp3) is 0.0164. The molecule has 0 saturated carbocycles. The van der Waals surface area contributed by atoms with E-state index in [-0.39, 0.29) is 0 Å². The Kier molecular flexibility index (Phi) is 7.83. The summed E-state index contributed by atoms with van der Waals surface area (Å²) in [6.45, 7) is 0. The standard InChI is InChI=1S/C61H38N2O3/c1-2-17-39(18-3-1)62(50-27-15-33-56-58(50)46-22-7-12-31-54(46)64-56)40-35-37-41(38-36-40)63(52-29-14-23-45-44-21-6-11-30-53(44)66-60(45)52)51-28-16-34-57-59(51)61(49-26-10-13-32-55(49)65-57)47-24-8-4-19-42(47)43-20-5-9-25-48(43)61/h1-38H. The fourth-order valence-electron chi connectivity index (χ4n) is 11.1. The van der Waals surface area contributed by atoms with Crippen LogP contribution in [0.3, 0.4) is 0 Å². The maximum absolute atomic E-state index is 7.04. The van der Waals surface area contributed by atoms with Crippen LogP contribution in [0.4, 0.5) is 34.1 Å². The molecule has 310 valence electrons. The van der Waals surface area contributed by atoms with Crippen LogP contribution < -0.4 is 14.5 Å². The summed E-state index contributed by atoms with van der Waals surface area (Å²) in [5.74, 6) is 1.66. The van der Waals surface area contributed by atoms with Crippen molar-refractivity contribution in [2.45, 2.75) is 5.41 Å². The highest BCUT2D eigenvalue weighted by atomic mass is 16.5. The van der Waals surface area contributed by atoms with Gasteiger partial charge in [0.15, 0.2) is 5.58 Å². The molecule has 1 aliphatic heterocycles. The quantitative estimate of drug-likeness (QED) is 0.167. The van der Waals surface area contributed by atoms with Crippen LogP contribution in [0.5, 0.6) is 11.5 Å². The molecule has 2 aliphatic rings. The van der Waals surface area contributed by atoms with E-state index in [1.807, 2.05) is 18.2 Å². The Morgan fingerprint density at radius 2 is 0.833 bits per heavy atom. The summed E-state index contributed by atoms with van der Waals surface area (Å²) in [4.78, 5) is 4.71. The molecule has 10 aromatic carbocycles. The molecule has 66 heavy (non-hydrogen) atoms. The highest BCUT2D eigenvalue weighted by molar-refractivity contribution is 6.14. The van der Waals surface area contributed by atoms with Crippen LogP contribution in [-0.4, -0.2) is 0 Å². The second kappa shape index (κ2) is 14.1. The molecule has 1 aliphatic carbocycles. The molecule has 0 amide bonds. The summed E-state index contributed by atoms with van der Waals surface area (Å²) in [5, 5.41) is 4.27. The smallest absolute Gasteiger partial charge is 0.159 e. The molecular weight excluding hydrogens is 809 g/mol. The number of para-hydroxylation sites is 5. The summed E-state index contributed by atoms with van der Waals surface area (Å²) >= 11 is 0. The lowest BCUT2D eigenvalue weighted by Gasteiger charge is -2.42. The maximum Gasteiger partial charge on any atom is 0.159 e. The molecule has 12 aromatic rings. The van der Waals surface area contributed by atoms with Gasteiger partial charge in [0, 0.05) is 44.3 Å². The summed E-state index contributed by atoms with van der Waals surface area (Å²) < 4.78 is 20.3. The van der Waals surface area contributed by atoms with E-state index < -0.39 is 5.41 Å². The zero-order valence-electron chi connectivity index (χ0n) is 35.6. The molecule has 0 bridgehead atoms. The van der Waals surface area contributed by atoms with Gasteiger partial charge in [-0.1, -0.05) is 146 Å². The Balaban J connectivity index is 1.04. The van der Waals surface area contributed by atoms with Crippen LogP contribution in [0.2, 0.25) is 0 Å². The lowest BCUT2D eigenvalue weighted by molar-refractivity contribution is 0.437. The van der Waals surface area contributed by atoms with Gasteiger partial charge in [-0.3, -0.25) is 0 Å². The largest absolute Gasteiger partial charge is 0.457 e. The molecule has 0 atom stereocenters. The van der Waals surface area contributed by atoms with Gasteiger partial charge in [-0.25, -0.2) is 0 Å². The van der Waals surface area contributed by atoms with Crippen LogP contribution in [0, 0.1) is 0 Å². The van der Waals surface area contributed by atoms with E-state index in [1.54, 1.807) is 0 Å². The number of fused-ring (bicyclic) bond motifs is 15. The molecule has 0 radical (unpaired) electrons. The molecule has 3 heterocycles. The Morgan fingerprint density at radius 3 is 1.61 bits per heavy atom. The molecule has 0 saturated heterocycles. The van der Waals surface area contributed by atoms with Gasteiger partial charge in [-0.2, -0.15) is 0 Å². The predicted octanol–water partition coefficient (Wildman–Crippen LogP) is 16.9. The molecule has 2 aromatic heterocycles. The topological polar surface area (TPSA) is 42.0 Å². The molecule has 14 rings (SSSR count). The second-order valence-electron chi connectivity index (χ2n) is 17.1. The number of anilines is 6. The minimum atomic E-state index is -0.704. The summed E-state index contributed by atoms with van der Waals surface area (Å²) in [5.41, 5.74) is 15.7. The minimum absolute atomic E-state index is 0.704. The van der Waals surface area contributed by atoms with Crippen LogP contribution in [0.1, 0.15) is 22.3 Å². The highest BCUT2D eigenvalue weighted by Gasteiger charge is 2.52. The molecule has 5 nitrogen and oxygen atoms in total. The van der Waals surface area contributed by atoms with Gasteiger partial charge < -0.3 is 23.4 Å². The third kappa shape index (κ3) is 5.11. The van der Waals surface area contributed by atoms with E-state index in [0.717, 1.165) is 101 Å². The number of furan rings is 2. The number of benzene rings is 10. The normalized spacial score (nSPS) is 13.1. The van der Waals surface area contributed by atoms with Gasteiger partial charge in [0.25, 0.3) is 0 Å². The van der Waals surface area contributed by atoms with Gasteiger partial charge in [0.1, 0.15) is 28.2 Å². The van der Waals surface area contributed by atoms with Gasteiger partial charge >= 0.3 is 0 Å². The monoisotopic (exact) mass is 846 g/mol. The van der Waals surface area contributed by atoms with E-state index in [2.05, 4.69) is 222 Å². The first-order valence-electron chi connectivity index (χ1n) is 22.4. The van der Waals surface area contributed by atoms with E-state index in [0.29, 0.717) is 0 Å². The minimum Gasteiger partial charge on any atom is -0.457 e. The van der Waals surface area contributed by atoms with Crippen molar-refractivity contribution in [1.82, 2.24) is 0 Å². The molecule has 0 unspecified atom stereocenters. The molecule has 1 spiro atoms. The van der Waals surface area contributed by atoms with Gasteiger partial charge in [-0.05, 0) is 107 Å². The average Bonchev–Trinajstić information content (AvgIpc) is 4.05. The van der Waals surface area contributed by atoms with E-state index in [9.17, 15) is 0 Å². The predicted molar refractivity (Wildman–Crippen MR) is 268 cm³/mol. The van der Waals surface area contributed by atoms with Crippen LogP contribution in [-0.2, 0) is 5.41 Å². The fourth-order valence-corrected chi connectivity index (χ4v) is 11.1. The Labute approximate surface area is 380 Å². The van der Waals surface area contributed by atoms with Crippen LogP contribution in [0.15, 0.2) is 239 Å². The second-order valence-corrected chi connectivity index (χ2v) is 17.1. The van der Waals surface area contributed by atoms with Crippen molar-refractivity contribution in [2.24, 2.45) is 0 Å². The van der Waals surface area contributed by atoms with Crippen LogP contribution >= 0.6 is 0 Å². The highest BCUT2D eigenvalue weighted by Crippen LogP contribution is 2.65. The van der Waals surface area contributed by atoms with Gasteiger partial charge in [0.2, 0.25) is 0 Å². The molecule has 5 heteroatoms. The third-order valence-corrected chi connectivity index (χ3v) is 13.7. The lowest BCUT2D eigenvalue weighted by Crippen LogP contribution is -2.34. The van der Waals surface area contributed by atoms with E-state index in [4.69, 9.17) is 13.6 Å². The summed E-state index contributed by atoms with van der Waals surface area (Å²) in [7, 11) is 0. The summed E-state index contributed by atoms with van der Waals surface area (Å²) in [6, 6.07) is 81.7. The zero-order valence-corrected chi connectivity index (χ0v) is 35.6. The van der Waals surface area contributed by atoms with Crippen molar-refractivity contribution in [2.75, 3.05) is 9.80 Å². The molecular formula is C61H38N2O3. The van der Waals surface area contributed by atoms with Gasteiger partial charge in [-0.15, -0.1) is 0 Å². The number of hydrogen-bond acceptors (Lipinski definition) is 5. The van der Waals surface area contributed by atoms with Crippen molar-refractivity contribution >= 4 is 78.0 Å². The Bertz CT molecular complexity index is 3840. The van der Waals surface area contributed by atoms with Crippen molar-refractivity contribution in [3.8, 4) is 22.6 Å². The number of rotatable bonds is 6.